The summed E-state index contributed by atoms with van der Waals surface area (Å²) in [6.45, 7) is 8.72. The molecule has 0 bridgehead atoms. The summed E-state index contributed by atoms with van der Waals surface area (Å²) in [5, 5.41) is 0. The van der Waals surface area contributed by atoms with Gasteiger partial charge in [-0.3, -0.25) is 0 Å². The van der Waals surface area contributed by atoms with E-state index in [1.807, 2.05) is 66.7 Å². The van der Waals surface area contributed by atoms with Crippen LogP contribution in [0, 0.1) is 46.3 Å². The smallest absolute Gasteiger partial charge is 0.338 e. The summed E-state index contributed by atoms with van der Waals surface area (Å²) in [7, 11) is 0. The molecule has 0 N–H and O–H groups in total. The van der Waals surface area contributed by atoms with Crippen LogP contribution in [0.15, 0.2) is 91.0 Å². The van der Waals surface area contributed by atoms with Gasteiger partial charge in [0.15, 0.2) is 0 Å². The lowest BCUT2D eigenvalue weighted by molar-refractivity contribution is -0.251. The number of rotatable bonds is 16. The Morgan fingerprint density at radius 3 is 1.96 bits per heavy atom. The van der Waals surface area contributed by atoms with Crippen molar-refractivity contribution in [2.45, 2.75) is 110 Å². The van der Waals surface area contributed by atoms with Crippen molar-refractivity contribution >= 4 is 12.3 Å². The van der Waals surface area contributed by atoms with Gasteiger partial charge in [0.25, 0.3) is 0 Å². The molecule has 0 radical (unpaired) electrons. The van der Waals surface area contributed by atoms with E-state index < -0.39 is 6.10 Å². The van der Waals surface area contributed by atoms with Crippen LogP contribution in [0.3, 0.4) is 0 Å². The van der Waals surface area contributed by atoms with Crippen molar-refractivity contribution in [1.82, 2.24) is 0 Å². The van der Waals surface area contributed by atoms with Crippen molar-refractivity contribution in [2.75, 3.05) is 13.6 Å². The third-order valence-corrected chi connectivity index (χ3v) is 14.4. The lowest BCUT2D eigenvalue weighted by Gasteiger charge is -2.64. The molecule has 290 valence electrons. The second kappa shape index (κ2) is 17.6. The monoisotopic (exact) mass is 736 g/mol. The molecule has 0 unspecified atom stereocenters. The molecule has 0 spiro atoms. The van der Waals surface area contributed by atoms with Gasteiger partial charge in [-0.15, -0.1) is 0 Å². The lowest BCUT2D eigenvalue weighted by Crippen LogP contribution is -2.63. The summed E-state index contributed by atoms with van der Waals surface area (Å²) in [4.78, 5) is 24.9. The standard InChI is InChI=1S/C47H60O7/c1-33(14-13-27-48)37-21-22-38-43-39(23-25-46(37,38)2)47(3)26-24-41(54-45(49)36-19-11-6-12-20-36)44(53-32-51-30-35-17-9-5-10-18-35)40(47)28-42(43)52-31-50-29-34-15-7-4-8-16-34/h4-12,15-20,27,33,37-44H,13-14,21-26,28-32H2,1-3H3/t33-,37-,38+,39+,40+,41-,42-,43+,44-,46-,47-/m1/s1. The number of carbonyl (C=O) groups is 2. The number of esters is 1. The first-order valence-corrected chi connectivity index (χ1v) is 20.5. The zero-order chi connectivity index (χ0) is 37.5. The Bertz CT molecular complexity index is 1630. The summed E-state index contributed by atoms with van der Waals surface area (Å²) in [5.41, 5.74) is 2.96. The van der Waals surface area contributed by atoms with Crippen molar-refractivity contribution in [1.29, 1.82) is 0 Å². The van der Waals surface area contributed by atoms with Crippen molar-refractivity contribution in [2.24, 2.45) is 46.3 Å². The van der Waals surface area contributed by atoms with E-state index in [4.69, 9.17) is 23.7 Å². The predicted octanol–water partition coefficient (Wildman–Crippen LogP) is 9.82. The number of hydrogen-bond acceptors (Lipinski definition) is 7. The van der Waals surface area contributed by atoms with Gasteiger partial charge in [0.2, 0.25) is 0 Å². The molecule has 0 aromatic heterocycles. The van der Waals surface area contributed by atoms with Crippen LogP contribution in [-0.4, -0.2) is 44.2 Å². The highest BCUT2D eigenvalue weighted by Gasteiger charge is 2.65. The minimum absolute atomic E-state index is 0.0161. The molecular formula is C47H60O7. The van der Waals surface area contributed by atoms with E-state index in [1.165, 1.54) is 19.3 Å². The molecule has 11 atom stereocenters. The van der Waals surface area contributed by atoms with E-state index in [0.717, 1.165) is 49.5 Å². The van der Waals surface area contributed by atoms with Crippen LogP contribution in [0.25, 0.3) is 0 Å². The van der Waals surface area contributed by atoms with Crippen molar-refractivity contribution in [3.8, 4) is 0 Å². The van der Waals surface area contributed by atoms with E-state index >= 15 is 0 Å². The van der Waals surface area contributed by atoms with E-state index in [2.05, 4.69) is 45.0 Å². The van der Waals surface area contributed by atoms with Gasteiger partial charge in [0, 0.05) is 6.42 Å². The van der Waals surface area contributed by atoms with Gasteiger partial charge in [-0.05, 0) is 121 Å². The fraction of sp³-hybridized carbons (Fsp3) is 0.574. The zero-order valence-corrected chi connectivity index (χ0v) is 32.5. The van der Waals surface area contributed by atoms with Gasteiger partial charge in [-0.1, -0.05) is 99.6 Å². The molecule has 0 saturated heterocycles. The van der Waals surface area contributed by atoms with E-state index in [1.54, 1.807) is 0 Å². The topological polar surface area (TPSA) is 80.3 Å². The summed E-state index contributed by atoms with van der Waals surface area (Å²) in [6.07, 6.45) is 9.20. The number of ether oxygens (including phenoxy) is 5. The molecule has 7 rings (SSSR count). The number of hydrogen-bond donors (Lipinski definition) is 0. The van der Waals surface area contributed by atoms with Gasteiger partial charge in [-0.25, -0.2) is 4.79 Å². The highest BCUT2D eigenvalue weighted by atomic mass is 16.7. The third-order valence-electron chi connectivity index (χ3n) is 14.4. The van der Waals surface area contributed by atoms with Crippen LogP contribution in [0.5, 0.6) is 0 Å². The molecule has 4 fully saturated rings. The van der Waals surface area contributed by atoms with E-state index in [0.29, 0.717) is 54.8 Å². The Hall–Kier alpha value is -3.36. The van der Waals surface area contributed by atoms with Gasteiger partial charge in [0.05, 0.1) is 24.9 Å². The van der Waals surface area contributed by atoms with Gasteiger partial charge in [-0.2, -0.15) is 0 Å². The van der Waals surface area contributed by atoms with Crippen LogP contribution in [-0.2, 0) is 41.7 Å². The van der Waals surface area contributed by atoms with Gasteiger partial charge < -0.3 is 28.5 Å². The first kappa shape index (κ1) is 38.9. The Balaban J connectivity index is 1.15. The highest BCUT2D eigenvalue weighted by molar-refractivity contribution is 5.89. The third kappa shape index (κ3) is 8.26. The second-order valence-electron chi connectivity index (χ2n) is 17.2. The minimum atomic E-state index is -0.397. The highest BCUT2D eigenvalue weighted by Crippen LogP contribution is 2.69. The van der Waals surface area contributed by atoms with Crippen LogP contribution in [0.1, 0.15) is 100 Å². The van der Waals surface area contributed by atoms with Crippen LogP contribution in [0.2, 0.25) is 0 Å². The van der Waals surface area contributed by atoms with Crippen molar-refractivity contribution in [3.05, 3.63) is 108 Å². The molecule has 7 heteroatoms. The Labute approximate surface area is 322 Å². The lowest BCUT2D eigenvalue weighted by atomic mass is 9.43. The molecule has 0 heterocycles. The predicted molar refractivity (Wildman–Crippen MR) is 208 cm³/mol. The average Bonchev–Trinajstić information content (AvgIpc) is 3.56. The SMILES string of the molecule is C[C@H](CCC=O)[C@H]1CC[C@H]2[C@@H]3[C@H](OCOCc4ccccc4)C[C@H]4[C@@H](OCOCc5ccccc5)[C@H](OC(=O)c5ccccc5)CC[C@]4(C)[C@H]3CC[C@]12C. The van der Waals surface area contributed by atoms with Crippen LogP contribution < -0.4 is 0 Å². The van der Waals surface area contributed by atoms with Crippen LogP contribution in [0.4, 0.5) is 0 Å². The Morgan fingerprint density at radius 2 is 1.31 bits per heavy atom. The van der Waals surface area contributed by atoms with E-state index in [9.17, 15) is 9.59 Å². The van der Waals surface area contributed by atoms with Gasteiger partial charge in [0.1, 0.15) is 32.1 Å². The molecule has 54 heavy (non-hydrogen) atoms. The fourth-order valence-corrected chi connectivity index (χ4v) is 11.7. The number of carbonyl (C=O) groups excluding carboxylic acids is 2. The summed E-state index contributed by atoms with van der Waals surface area (Å²) in [6, 6.07) is 29.7. The fourth-order valence-electron chi connectivity index (χ4n) is 11.7. The Morgan fingerprint density at radius 1 is 0.722 bits per heavy atom. The van der Waals surface area contributed by atoms with Gasteiger partial charge >= 0.3 is 5.97 Å². The summed E-state index contributed by atoms with van der Waals surface area (Å²) in [5.74, 6) is 2.30. The zero-order valence-electron chi connectivity index (χ0n) is 32.5. The van der Waals surface area contributed by atoms with Crippen LogP contribution >= 0.6 is 0 Å². The maximum atomic E-state index is 13.5. The molecule has 7 nitrogen and oxygen atoms in total. The molecule has 0 amide bonds. The molecule has 3 aromatic rings. The molecule has 4 aliphatic rings. The largest absolute Gasteiger partial charge is 0.456 e. The first-order valence-electron chi connectivity index (χ1n) is 20.5. The molecule has 0 aliphatic heterocycles. The summed E-state index contributed by atoms with van der Waals surface area (Å²) >= 11 is 0. The van der Waals surface area contributed by atoms with Crippen molar-refractivity contribution < 1.29 is 33.3 Å². The first-order chi connectivity index (χ1) is 26.3. The minimum Gasteiger partial charge on any atom is -0.456 e. The quantitative estimate of drug-likeness (QED) is 0.0627. The number of aldehydes is 1. The van der Waals surface area contributed by atoms with E-state index in [-0.39, 0.29) is 48.5 Å². The maximum absolute atomic E-state index is 13.5. The molecular weight excluding hydrogens is 677 g/mol. The average molecular weight is 737 g/mol. The number of benzene rings is 3. The second-order valence-corrected chi connectivity index (χ2v) is 17.2. The van der Waals surface area contributed by atoms with Crippen molar-refractivity contribution in [3.63, 3.8) is 0 Å². The molecule has 4 saturated carbocycles. The normalized spacial score (nSPS) is 33.5. The maximum Gasteiger partial charge on any atom is 0.338 e. The molecule has 3 aromatic carbocycles. The number of fused-ring (bicyclic) bond motifs is 5. The molecule has 4 aliphatic carbocycles. The summed E-state index contributed by atoms with van der Waals surface area (Å²) < 4.78 is 32.4. The Kier molecular flexibility index (Phi) is 12.7.